The molecule has 0 rings (SSSR count). The average Bonchev–Trinajstić information content (AvgIpc) is 1.81. The molecule has 70 valence electrons. The summed E-state index contributed by atoms with van der Waals surface area (Å²) < 4.78 is 0. The van der Waals surface area contributed by atoms with Crippen LogP contribution in [-0.2, 0) is 9.59 Å². The maximum absolute atomic E-state index is 10.3. The molecular weight excluding hydrogens is 160 g/mol. The highest BCUT2D eigenvalue weighted by molar-refractivity contribution is 5.68. The molecule has 0 saturated carbocycles. The van der Waals surface area contributed by atoms with E-state index in [4.69, 9.17) is 10.2 Å². The fraction of sp³-hybridized carbons (Fsp3) is 0.750. The van der Waals surface area contributed by atoms with Crippen LogP contribution in [0.2, 0.25) is 0 Å². The molecule has 0 aromatic carbocycles. The Bertz CT molecular complexity index is 183. The first-order chi connectivity index (χ1) is 5.33. The highest BCUT2D eigenvalue weighted by Gasteiger charge is 2.22. The summed E-state index contributed by atoms with van der Waals surface area (Å²) in [6.07, 6.45) is 0.440. The molecular formula is C8H14O4. The molecule has 0 unspecified atom stereocenters. The van der Waals surface area contributed by atoms with Crippen molar-refractivity contribution in [2.75, 3.05) is 0 Å². The van der Waals surface area contributed by atoms with Gasteiger partial charge in [0.25, 0.3) is 0 Å². The first-order valence-electron chi connectivity index (χ1n) is 3.77. The molecule has 0 heterocycles. The minimum Gasteiger partial charge on any atom is -0.481 e. The van der Waals surface area contributed by atoms with Crippen LogP contribution in [0.3, 0.4) is 0 Å². The van der Waals surface area contributed by atoms with Gasteiger partial charge >= 0.3 is 11.9 Å². The van der Waals surface area contributed by atoms with E-state index in [2.05, 4.69) is 0 Å². The van der Waals surface area contributed by atoms with Crippen molar-refractivity contribution in [2.45, 2.75) is 33.1 Å². The Hall–Kier alpha value is -1.06. The maximum atomic E-state index is 10.3. The van der Waals surface area contributed by atoms with Gasteiger partial charge in [0.1, 0.15) is 0 Å². The van der Waals surface area contributed by atoms with Gasteiger partial charge in [0.15, 0.2) is 0 Å². The van der Waals surface area contributed by atoms with Gasteiger partial charge in [-0.1, -0.05) is 13.8 Å². The van der Waals surface area contributed by atoms with Crippen molar-refractivity contribution in [3.63, 3.8) is 0 Å². The number of rotatable bonds is 5. The average molecular weight is 174 g/mol. The molecule has 4 heteroatoms. The lowest BCUT2D eigenvalue weighted by Crippen LogP contribution is -2.18. The monoisotopic (exact) mass is 174 g/mol. The Morgan fingerprint density at radius 3 is 2.00 bits per heavy atom. The van der Waals surface area contributed by atoms with Crippen LogP contribution in [0.5, 0.6) is 0 Å². The van der Waals surface area contributed by atoms with E-state index in [-0.39, 0.29) is 12.8 Å². The smallest absolute Gasteiger partial charge is 0.303 e. The summed E-state index contributed by atoms with van der Waals surface area (Å²) in [5.41, 5.74) is -0.426. The molecule has 0 aromatic heterocycles. The van der Waals surface area contributed by atoms with E-state index >= 15 is 0 Å². The Kier molecular flexibility index (Phi) is 3.73. The van der Waals surface area contributed by atoms with Crippen molar-refractivity contribution >= 4 is 11.9 Å². The van der Waals surface area contributed by atoms with Crippen LogP contribution in [-0.4, -0.2) is 22.2 Å². The summed E-state index contributed by atoms with van der Waals surface area (Å²) in [6, 6.07) is 0. The zero-order chi connectivity index (χ0) is 9.78. The lowest BCUT2D eigenvalue weighted by Gasteiger charge is -2.20. The van der Waals surface area contributed by atoms with E-state index in [0.29, 0.717) is 6.42 Å². The van der Waals surface area contributed by atoms with Crippen molar-refractivity contribution < 1.29 is 19.8 Å². The van der Waals surface area contributed by atoms with Crippen LogP contribution in [0.25, 0.3) is 0 Å². The topological polar surface area (TPSA) is 74.6 Å². The lowest BCUT2D eigenvalue weighted by molar-refractivity contribution is -0.141. The normalized spacial score (nSPS) is 11.2. The van der Waals surface area contributed by atoms with E-state index in [1.165, 1.54) is 0 Å². The Balaban J connectivity index is 3.86. The Labute approximate surface area is 71.2 Å². The molecule has 0 aliphatic carbocycles. The van der Waals surface area contributed by atoms with Crippen molar-refractivity contribution in [3.05, 3.63) is 0 Å². The SMILES string of the molecule is CC(C)(CCC(=O)O)CC(=O)O. The van der Waals surface area contributed by atoms with Crippen LogP contribution in [0, 0.1) is 5.41 Å². The van der Waals surface area contributed by atoms with Gasteiger partial charge in [-0.25, -0.2) is 0 Å². The molecule has 0 aromatic rings. The molecule has 2 N–H and O–H groups in total. The molecule has 0 spiro atoms. The molecule has 0 atom stereocenters. The first-order valence-corrected chi connectivity index (χ1v) is 3.77. The van der Waals surface area contributed by atoms with E-state index in [1.807, 2.05) is 0 Å². The third-order valence-electron chi connectivity index (χ3n) is 1.65. The van der Waals surface area contributed by atoms with Crippen molar-refractivity contribution in [2.24, 2.45) is 5.41 Å². The first kappa shape index (κ1) is 10.9. The number of carboxylic acids is 2. The fourth-order valence-electron chi connectivity index (χ4n) is 0.943. The van der Waals surface area contributed by atoms with Gasteiger partial charge in [-0.3, -0.25) is 9.59 Å². The van der Waals surface area contributed by atoms with Crippen LogP contribution in [0.4, 0.5) is 0 Å². The van der Waals surface area contributed by atoms with E-state index in [9.17, 15) is 9.59 Å². The number of carbonyl (C=O) groups is 2. The van der Waals surface area contributed by atoms with Gasteiger partial charge in [-0.15, -0.1) is 0 Å². The number of carboxylic acid groups (broad SMARTS) is 2. The van der Waals surface area contributed by atoms with Gasteiger partial charge in [0.05, 0.1) is 6.42 Å². The van der Waals surface area contributed by atoms with E-state index < -0.39 is 17.4 Å². The summed E-state index contributed by atoms with van der Waals surface area (Å²) in [6.45, 7) is 3.51. The standard InChI is InChI=1S/C8H14O4/c1-8(2,5-7(11)12)4-3-6(9)10/h3-5H2,1-2H3,(H,9,10)(H,11,12). The molecule has 0 radical (unpaired) electrons. The Morgan fingerprint density at radius 1 is 1.17 bits per heavy atom. The van der Waals surface area contributed by atoms with Crippen molar-refractivity contribution in [3.8, 4) is 0 Å². The molecule has 0 saturated heterocycles. The second kappa shape index (κ2) is 4.09. The molecule has 0 fully saturated rings. The van der Waals surface area contributed by atoms with Crippen molar-refractivity contribution in [1.82, 2.24) is 0 Å². The zero-order valence-corrected chi connectivity index (χ0v) is 7.33. The van der Waals surface area contributed by atoms with Gasteiger partial charge in [-0.2, -0.15) is 0 Å². The molecule has 4 nitrogen and oxygen atoms in total. The highest BCUT2D eigenvalue weighted by Crippen LogP contribution is 2.26. The predicted octanol–water partition coefficient (Wildman–Crippen LogP) is 1.35. The molecule has 0 bridgehead atoms. The van der Waals surface area contributed by atoms with Gasteiger partial charge < -0.3 is 10.2 Å². The number of hydrogen-bond donors (Lipinski definition) is 2. The minimum atomic E-state index is -0.884. The van der Waals surface area contributed by atoms with Gasteiger partial charge in [0, 0.05) is 6.42 Å². The molecule has 0 aliphatic heterocycles. The summed E-state index contributed by atoms with van der Waals surface area (Å²) >= 11 is 0. The van der Waals surface area contributed by atoms with Crippen LogP contribution < -0.4 is 0 Å². The van der Waals surface area contributed by atoms with E-state index in [1.54, 1.807) is 13.8 Å². The van der Waals surface area contributed by atoms with Gasteiger partial charge in [0.2, 0.25) is 0 Å². The minimum absolute atomic E-state index is 0.0142. The zero-order valence-electron chi connectivity index (χ0n) is 7.33. The van der Waals surface area contributed by atoms with Crippen LogP contribution in [0.15, 0.2) is 0 Å². The second-order valence-electron chi connectivity index (χ2n) is 3.63. The van der Waals surface area contributed by atoms with Gasteiger partial charge in [-0.05, 0) is 11.8 Å². The maximum Gasteiger partial charge on any atom is 0.303 e. The van der Waals surface area contributed by atoms with Crippen LogP contribution in [0.1, 0.15) is 33.1 Å². The third kappa shape index (κ3) is 5.70. The molecule has 0 aliphatic rings. The van der Waals surface area contributed by atoms with E-state index in [0.717, 1.165) is 0 Å². The quantitative estimate of drug-likeness (QED) is 0.659. The summed E-state index contributed by atoms with van der Waals surface area (Å²) in [5.74, 6) is -1.76. The Morgan fingerprint density at radius 2 is 1.67 bits per heavy atom. The summed E-state index contributed by atoms with van der Waals surface area (Å²) in [4.78, 5) is 20.5. The number of hydrogen-bond acceptors (Lipinski definition) is 2. The lowest BCUT2D eigenvalue weighted by atomic mass is 9.84. The third-order valence-corrected chi connectivity index (χ3v) is 1.65. The fourth-order valence-corrected chi connectivity index (χ4v) is 0.943. The number of aliphatic carboxylic acids is 2. The summed E-state index contributed by atoms with van der Waals surface area (Å²) in [7, 11) is 0. The molecule has 12 heavy (non-hydrogen) atoms. The largest absolute Gasteiger partial charge is 0.481 e. The predicted molar refractivity (Wildman–Crippen MR) is 42.9 cm³/mol. The summed E-state index contributed by atoms with van der Waals surface area (Å²) in [5, 5.41) is 16.8. The molecule has 0 amide bonds. The second-order valence-corrected chi connectivity index (χ2v) is 3.63. The van der Waals surface area contributed by atoms with Crippen molar-refractivity contribution in [1.29, 1.82) is 0 Å². The highest BCUT2D eigenvalue weighted by atomic mass is 16.4. The van der Waals surface area contributed by atoms with Crippen LogP contribution >= 0.6 is 0 Å².